The molecular weight excluding hydrogens is 291 g/mol. The molecule has 0 aliphatic rings. The maximum Gasteiger partial charge on any atom is 0.511 e. The van der Waals surface area contributed by atoms with Crippen LogP contribution in [0.5, 0.6) is 0 Å². The van der Waals surface area contributed by atoms with Crippen LogP contribution in [-0.4, -0.2) is 39.5 Å². The molecule has 2 radical (unpaired) electrons. The first kappa shape index (κ1) is 15.5. The van der Waals surface area contributed by atoms with Crippen LogP contribution in [0.4, 0.5) is 26.3 Å². The molecule has 0 aliphatic heterocycles. The molecule has 0 amide bonds. The van der Waals surface area contributed by atoms with Crippen molar-refractivity contribution in [3.05, 3.63) is 0 Å². The molecule has 0 saturated heterocycles. The lowest BCUT2D eigenvalue weighted by Crippen LogP contribution is -2.47. The molecular formula is C2BF6NO4S2. The summed E-state index contributed by atoms with van der Waals surface area (Å²) in [6.45, 7) is 0. The zero-order valence-corrected chi connectivity index (χ0v) is 8.37. The molecule has 0 atom stereocenters. The molecule has 0 aromatic rings. The molecule has 0 fully saturated rings. The summed E-state index contributed by atoms with van der Waals surface area (Å²) in [6, 6.07) is 0. The van der Waals surface area contributed by atoms with E-state index in [0.29, 0.717) is 0 Å². The van der Waals surface area contributed by atoms with E-state index in [-0.39, 0.29) is 0 Å². The van der Waals surface area contributed by atoms with Gasteiger partial charge in [-0.3, -0.25) is 0 Å². The Hall–Kier alpha value is -0.495. The molecule has 0 N–H and O–H groups in total. The minimum atomic E-state index is -6.81. The highest BCUT2D eigenvalue weighted by molar-refractivity contribution is 8.06. The lowest BCUT2D eigenvalue weighted by Gasteiger charge is -2.20. The Labute approximate surface area is 86.6 Å². The molecule has 0 spiro atoms. The average Bonchev–Trinajstić information content (AvgIpc) is 1.98. The summed E-state index contributed by atoms with van der Waals surface area (Å²) < 4.78 is 109. The number of sulfonamides is 2. The molecule has 94 valence electrons. The van der Waals surface area contributed by atoms with Gasteiger partial charge in [-0.15, -0.1) is 3.62 Å². The molecule has 14 heteroatoms. The summed E-state index contributed by atoms with van der Waals surface area (Å²) in [5.41, 5.74) is -12.5. The van der Waals surface area contributed by atoms with Gasteiger partial charge in [0, 0.05) is 0 Å². The van der Waals surface area contributed by atoms with Crippen molar-refractivity contribution >= 4 is 28.0 Å². The van der Waals surface area contributed by atoms with Gasteiger partial charge in [0.25, 0.3) is 0 Å². The maximum absolute atomic E-state index is 11.7. The summed E-state index contributed by atoms with van der Waals surface area (Å²) in [5, 5.41) is 0. The Morgan fingerprint density at radius 2 is 0.938 bits per heavy atom. The minimum absolute atomic E-state index is 2.26. The van der Waals surface area contributed by atoms with Crippen LogP contribution in [0.2, 0.25) is 0 Å². The van der Waals surface area contributed by atoms with E-state index in [1.807, 2.05) is 0 Å². The lowest BCUT2D eigenvalue weighted by molar-refractivity contribution is -0.0506. The maximum atomic E-state index is 11.7. The summed E-state index contributed by atoms with van der Waals surface area (Å²) >= 11 is 0. The van der Waals surface area contributed by atoms with E-state index in [1.54, 1.807) is 0 Å². The van der Waals surface area contributed by atoms with Crippen molar-refractivity contribution in [3.8, 4) is 0 Å². The van der Waals surface area contributed by atoms with Crippen molar-refractivity contribution < 1.29 is 43.2 Å². The highest BCUT2D eigenvalue weighted by atomic mass is 32.3. The third-order valence-corrected chi connectivity index (χ3v) is 4.35. The number of rotatable bonds is 2. The Bertz CT molecular complexity index is 416. The molecule has 16 heavy (non-hydrogen) atoms. The molecule has 0 aliphatic carbocycles. The summed E-state index contributed by atoms with van der Waals surface area (Å²) in [7, 11) is -9.81. The SMILES string of the molecule is [B]N(S(=O)(=O)C(F)(F)F)S(=O)(=O)C(F)(F)F. The minimum Gasteiger partial charge on any atom is -0.203 e. The van der Waals surface area contributed by atoms with Gasteiger partial charge in [-0.25, -0.2) is 16.8 Å². The molecule has 0 aromatic carbocycles. The fourth-order valence-electron chi connectivity index (χ4n) is 0.333. The zero-order valence-electron chi connectivity index (χ0n) is 6.74. The predicted octanol–water partition coefficient (Wildman–Crippen LogP) is 0.0711. The third-order valence-electron chi connectivity index (χ3n) is 1.06. The van der Waals surface area contributed by atoms with Crippen LogP contribution in [0.1, 0.15) is 0 Å². The van der Waals surface area contributed by atoms with Crippen LogP contribution in [-0.2, 0) is 20.0 Å². The Kier molecular flexibility index (Phi) is 3.65. The monoisotopic (exact) mass is 291 g/mol. The van der Waals surface area contributed by atoms with Crippen LogP contribution < -0.4 is 0 Å². The van der Waals surface area contributed by atoms with Crippen molar-refractivity contribution in [2.45, 2.75) is 11.0 Å². The predicted molar refractivity (Wildman–Crippen MR) is 37.5 cm³/mol. The molecule has 0 aromatic heterocycles. The van der Waals surface area contributed by atoms with Gasteiger partial charge in [0.2, 0.25) is 7.98 Å². The van der Waals surface area contributed by atoms with Crippen LogP contribution >= 0.6 is 0 Å². The summed E-state index contributed by atoms with van der Waals surface area (Å²) in [4.78, 5) is 0. The molecule has 0 saturated carbocycles. The number of hydrogen-bond donors (Lipinski definition) is 0. The van der Waals surface area contributed by atoms with E-state index < -0.39 is 34.7 Å². The van der Waals surface area contributed by atoms with Gasteiger partial charge in [0.05, 0.1) is 0 Å². The fraction of sp³-hybridized carbons (Fsp3) is 1.00. The second-order valence-electron chi connectivity index (χ2n) is 2.13. The first-order valence-corrected chi connectivity index (χ1v) is 5.71. The van der Waals surface area contributed by atoms with Crippen molar-refractivity contribution in [1.82, 2.24) is 3.62 Å². The standard InChI is InChI=1S/C2BF6NO4S2/c3-10(15(11,12)1(4,5)6)16(13,14)2(7,8)9. The fourth-order valence-corrected chi connectivity index (χ4v) is 2.28. The van der Waals surface area contributed by atoms with E-state index in [4.69, 9.17) is 0 Å². The van der Waals surface area contributed by atoms with Gasteiger partial charge in [-0.1, -0.05) is 0 Å². The van der Waals surface area contributed by atoms with Crippen LogP contribution in [0.25, 0.3) is 0 Å². The van der Waals surface area contributed by atoms with E-state index in [9.17, 15) is 43.2 Å². The molecule has 0 unspecified atom stereocenters. The first-order chi connectivity index (χ1) is 6.65. The topological polar surface area (TPSA) is 71.5 Å². The van der Waals surface area contributed by atoms with E-state index in [1.165, 1.54) is 0 Å². The van der Waals surface area contributed by atoms with Gasteiger partial charge < -0.3 is 0 Å². The van der Waals surface area contributed by atoms with Gasteiger partial charge in [-0.05, 0) is 0 Å². The largest absolute Gasteiger partial charge is 0.511 e. The quantitative estimate of drug-likeness (QED) is 0.533. The highest BCUT2D eigenvalue weighted by Gasteiger charge is 2.59. The van der Waals surface area contributed by atoms with Crippen LogP contribution in [0, 0.1) is 0 Å². The van der Waals surface area contributed by atoms with Crippen molar-refractivity contribution in [2.75, 3.05) is 0 Å². The smallest absolute Gasteiger partial charge is 0.203 e. The molecule has 5 nitrogen and oxygen atoms in total. The van der Waals surface area contributed by atoms with E-state index >= 15 is 0 Å². The van der Waals surface area contributed by atoms with Crippen LogP contribution in [0.3, 0.4) is 0 Å². The molecule has 0 bridgehead atoms. The van der Waals surface area contributed by atoms with Gasteiger partial charge in [-0.2, -0.15) is 26.3 Å². The lowest BCUT2D eigenvalue weighted by atomic mass is 10.5. The second kappa shape index (κ2) is 3.77. The molecule has 0 heterocycles. The zero-order chi connectivity index (χ0) is 13.6. The van der Waals surface area contributed by atoms with E-state index in [2.05, 4.69) is 7.98 Å². The number of alkyl halides is 6. The van der Waals surface area contributed by atoms with Gasteiger partial charge >= 0.3 is 31.1 Å². The van der Waals surface area contributed by atoms with Crippen molar-refractivity contribution in [2.24, 2.45) is 0 Å². The van der Waals surface area contributed by atoms with Crippen LogP contribution in [0.15, 0.2) is 0 Å². The first-order valence-electron chi connectivity index (χ1n) is 2.83. The van der Waals surface area contributed by atoms with Gasteiger partial charge in [0.1, 0.15) is 0 Å². The van der Waals surface area contributed by atoms with Crippen molar-refractivity contribution in [1.29, 1.82) is 0 Å². The summed E-state index contributed by atoms with van der Waals surface area (Å²) in [6.07, 6.45) is 0. The molecule has 0 rings (SSSR count). The Morgan fingerprint density at radius 1 is 0.750 bits per heavy atom. The highest BCUT2D eigenvalue weighted by Crippen LogP contribution is 2.33. The van der Waals surface area contributed by atoms with Gasteiger partial charge in [0.15, 0.2) is 0 Å². The average molecular weight is 291 g/mol. The Morgan fingerprint density at radius 3 is 1.06 bits per heavy atom. The second-order valence-corrected chi connectivity index (χ2v) is 5.97. The third kappa shape index (κ3) is 2.43. The summed E-state index contributed by atoms with van der Waals surface area (Å²) in [5.74, 6) is 0. The number of halogens is 6. The number of nitrogens with zero attached hydrogens (tertiary/aromatic N) is 1. The Balaban J connectivity index is 5.70. The normalized spacial score (nSPS) is 15.4. The number of hydrogen-bond acceptors (Lipinski definition) is 4. The van der Waals surface area contributed by atoms with Crippen molar-refractivity contribution in [3.63, 3.8) is 0 Å². The van der Waals surface area contributed by atoms with E-state index in [0.717, 1.165) is 0 Å².